The summed E-state index contributed by atoms with van der Waals surface area (Å²) in [5, 5.41) is 23.1. The number of hydrogen-bond donors (Lipinski definition) is 3. The second-order valence-electron chi connectivity index (χ2n) is 17.5. The molecular formula is C52H99NO5. The maximum Gasteiger partial charge on any atom is 0.305 e. The SMILES string of the molecule is CCCCCCCCCCCCCCCCCCC(=O)OCCCCCCCC/C=C\C/C=C\CCC(=O)NC(CO)C(O)CCCCCCCCCCCCCC. The molecule has 0 aromatic rings. The molecule has 0 aliphatic rings. The van der Waals surface area contributed by atoms with Crippen LogP contribution in [0, 0.1) is 0 Å². The molecule has 58 heavy (non-hydrogen) atoms. The number of ether oxygens (including phenoxy) is 1. The number of esters is 1. The van der Waals surface area contributed by atoms with Crippen molar-refractivity contribution in [3.63, 3.8) is 0 Å². The van der Waals surface area contributed by atoms with Gasteiger partial charge in [-0.1, -0.05) is 237 Å². The van der Waals surface area contributed by atoms with Crippen LogP contribution in [-0.4, -0.2) is 47.4 Å². The van der Waals surface area contributed by atoms with Crippen LogP contribution in [0.15, 0.2) is 24.3 Å². The van der Waals surface area contributed by atoms with Crippen LogP contribution < -0.4 is 5.32 Å². The summed E-state index contributed by atoms with van der Waals surface area (Å²) in [6, 6.07) is -0.583. The number of aliphatic hydroxyl groups excluding tert-OH is 2. The number of carbonyl (C=O) groups is 2. The van der Waals surface area contributed by atoms with Crippen LogP contribution in [0.3, 0.4) is 0 Å². The van der Waals surface area contributed by atoms with Gasteiger partial charge in [0.1, 0.15) is 0 Å². The molecule has 342 valence electrons. The van der Waals surface area contributed by atoms with Gasteiger partial charge >= 0.3 is 5.97 Å². The minimum Gasteiger partial charge on any atom is -0.466 e. The van der Waals surface area contributed by atoms with Gasteiger partial charge in [0.25, 0.3) is 0 Å². The Morgan fingerprint density at radius 2 is 0.879 bits per heavy atom. The molecule has 1 amide bonds. The van der Waals surface area contributed by atoms with Gasteiger partial charge in [-0.2, -0.15) is 0 Å². The number of unbranched alkanes of at least 4 members (excludes halogenated alkanes) is 32. The Balaban J connectivity index is 3.52. The summed E-state index contributed by atoms with van der Waals surface area (Å²) in [5.41, 5.74) is 0. The second-order valence-corrected chi connectivity index (χ2v) is 17.5. The second kappa shape index (κ2) is 48.0. The van der Waals surface area contributed by atoms with E-state index in [9.17, 15) is 19.8 Å². The zero-order chi connectivity index (χ0) is 42.3. The first-order valence-electron chi connectivity index (χ1n) is 25.6. The maximum atomic E-state index is 12.4. The number of rotatable bonds is 47. The van der Waals surface area contributed by atoms with Crippen LogP contribution in [0.2, 0.25) is 0 Å². The van der Waals surface area contributed by atoms with Gasteiger partial charge in [-0.3, -0.25) is 9.59 Å². The minimum atomic E-state index is -0.697. The minimum absolute atomic E-state index is 0.0139. The molecule has 0 aromatic heterocycles. The summed E-state index contributed by atoms with van der Waals surface area (Å²) >= 11 is 0. The average Bonchev–Trinajstić information content (AvgIpc) is 3.22. The quantitative estimate of drug-likeness (QED) is 0.0323. The first-order chi connectivity index (χ1) is 28.5. The Labute approximate surface area is 361 Å². The third kappa shape index (κ3) is 43.9. The van der Waals surface area contributed by atoms with Crippen molar-refractivity contribution in [1.82, 2.24) is 5.32 Å². The van der Waals surface area contributed by atoms with Gasteiger partial charge in [-0.05, 0) is 44.9 Å². The summed E-state index contributed by atoms with van der Waals surface area (Å²) < 4.78 is 5.46. The van der Waals surface area contributed by atoms with Crippen molar-refractivity contribution in [3.8, 4) is 0 Å². The van der Waals surface area contributed by atoms with Crippen molar-refractivity contribution >= 4 is 11.9 Å². The summed E-state index contributed by atoms with van der Waals surface area (Å²) in [5.74, 6) is -0.130. The van der Waals surface area contributed by atoms with Crippen LogP contribution in [0.1, 0.15) is 271 Å². The Kier molecular flexibility index (Phi) is 46.6. The molecular weight excluding hydrogens is 719 g/mol. The lowest BCUT2D eigenvalue weighted by Gasteiger charge is -2.22. The zero-order valence-corrected chi connectivity index (χ0v) is 38.8. The Bertz CT molecular complexity index is 904. The topological polar surface area (TPSA) is 95.9 Å². The molecule has 2 atom stereocenters. The van der Waals surface area contributed by atoms with E-state index in [2.05, 4.69) is 37.4 Å². The van der Waals surface area contributed by atoms with Gasteiger partial charge in [-0.15, -0.1) is 0 Å². The summed E-state index contributed by atoms with van der Waals surface area (Å²) in [4.78, 5) is 24.4. The molecule has 0 saturated heterocycles. The summed E-state index contributed by atoms with van der Waals surface area (Å²) in [6.45, 7) is 4.88. The number of nitrogens with one attached hydrogen (secondary N) is 1. The molecule has 0 radical (unpaired) electrons. The Morgan fingerprint density at radius 3 is 1.34 bits per heavy atom. The smallest absolute Gasteiger partial charge is 0.305 e. The van der Waals surface area contributed by atoms with Crippen LogP contribution >= 0.6 is 0 Å². The van der Waals surface area contributed by atoms with E-state index >= 15 is 0 Å². The average molecular weight is 818 g/mol. The highest BCUT2D eigenvalue weighted by Gasteiger charge is 2.19. The fourth-order valence-corrected chi connectivity index (χ4v) is 7.81. The number of carbonyl (C=O) groups excluding carboxylic acids is 2. The fourth-order valence-electron chi connectivity index (χ4n) is 7.81. The lowest BCUT2D eigenvalue weighted by atomic mass is 10.0. The van der Waals surface area contributed by atoms with E-state index in [1.807, 2.05) is 6.08 Å². The normalized spacial score (nSPS) is 12.8. The van der Waals surface area contributed by atoms with Crippen molar-refractivity contribution in [1.29, 1.82) is 0 Å². The number of aliphatic hydroxyl groups is 2. The molecule has 0 fully saturated rings. The van der Waals surface area contributed by atoms with Crippen LogP contribution in [0.5, 0.6) is 0 Å². The van der Waals surface area contributed by atoms with Crippen molar-refractivity contribution in [2.75, 3.05) is 13.2 Å². The zero-order valence-electron chi connectivity index (χ0n) is 38.8. The van der Waals surface area contributed by atoms with Crippen molar-refractivity contribution in [2.24, 2.45) is 0 Å². The van der Waals surface area contributed by atoms with E-state index in [-0.39, 0.29) is 18.5 Å². The molecule has 3 N–H and O–H groups in total. The largest absolute Gasteiger partial charge is 0.466 e. The Hall–Kier alpha value is -1.66. The molecule has 0 saturated carbocycles. The van der Waals surface area contributed by atoms with Gasteiger partial charge in [0.2, 0.25) is 5.91 Å². The van der Waals surface area contributed by atoms with Crippen molar-refractivity contribution in [3.05, 3.63) is 24.3 Å². The monoisotopic (exact) mass is 818 g/mol. The molecule has 0 aliphatic carbocycles. The molecule has 0 bridgehead atoms. The molecule has 0 aromatic carbocycles. The van der Waals surface area contributed by atoms with Gasteiger partial charge in [0.05, 0.1) is 25.4 Å². The third-order valence-corrected chi connectivity index (χ3v) is 11.8. The van der Waals surface area contributed by atoms with Crippen LogP contribution in [-0.2, 0) is 14.3 Å². The lowest BCUT2D eigenvalue weighted by Crippen LogP contribution is -2.45. The molecule has 2 unspecified atom stereocenters. The van der Waals surface area contributed by atoms with E-state index in [0.29, 0.717) is 32.3 Å². The summed E-state index contributed by atoms with van der Waals surface area (Å²) in [6.07, 6.45) is 55.9. The maximum absolute atomic E-state index is 12.4. The van der Waals surface area contributed by atoms with E-state index in [4.69, 9.17) is 4.74 Å². The highest BCUT2D eigenvalue weighted by atomic mass is 16.5. The number of hydrogen-bond acceptors (Lipinski definition) is 5. The van der Waals surface area contributed by atoms with E-state index < -0.39 is 12.1 Å². The predicted molar refractivity (Wildman–Crippen MR) is 250 cm³/mol. The fraction of sp³-hybridized carbons (Fsp3) is 0.885. The molecule has 6 nitrogen and oxygen atoms in total. The molecule has 0 spiro atoms. The highest BCUT2D eigenvalue weighted by molar-refractivity contribution is 5.76. The van der Waals surface area contributed by atoms with Crippen LogP contribution in [0.25, 0.3) is 0 Å². The first-order valence-corrected chi connectivity index (χ1v) is 25.6. The van der Waals surface area contributed by atoms with E-state index in [1.54, 1.807) is 0 Å². The highest BCUT2D eigenvalue weighted by Crippen LogP contribution is 2.16. The van der Waals surface area contributed by atoms with Crippen LogP contribution in [0.4, 0.5) is 0 Å². The van der Waals surface area contributed by atoms with Gasteiger partial charge in [0.15, 0.2) is 0 Å². The molecule has 0 rings (SSSR count). The molecule has 6 heteroatoms. The first kappa shape index (κ1) is 56.3. The third-order valence-electron chi connectivity index (χ3n) is 11.8. The standard InChI is InChI=1S/C52H99NO5/c1-3-5-7-9-11-13-15-17-18-19-22-26-30-34-38-42-46-52(57)58-47-43-39-35-31-27-23-20-21-25-29-33-37-41-45-51(56)53-49(48-54)50(55)44-40-36-32-28-24-16-14-12-10-8-6-4-2/h21,25,33,37,49-50,54-55H,3-20,22-24,26-32,34-36,38-48H2,1-2H3,(H,53,56)/b25-21-,37-33-. The van der Waals surface area contributed by atoms with Gasteiger partial charge < -0.3 is 20.3 Å². The van der Waals surface area contributed by atoms with E-state index in [1.165, 1.54) is 180 Å². The van der Waals surface area contributed by atoms with Gasteiger partial charge in [-0.25, -0.2) is 0 Å². The summed E-state index contributed by atoms with van der Waals surface area (Å²) in [7, 11) is 0. The molecule has 0 heterocycles. The molecule has 0 aliphatic heterocycles. The predicted octanol–water partition coefficient (Wildman–Crippen LogP) is 15.1. The van der Waals surface area contributed by atoms with Gasteiger partial charge in [0, 0.05) is 12.8 Å². The number of amides is 1. The van der Waals surface area contributed by atoms with Crippen molar-refractivity contribution < 1.29 is 24.5 Å². The van der Waals surface area contributed by atoms with E-state index in [0.717, 1.165) is 51.4 Å². The Morgan fingerprint density at radius 1 is 0.483 bits per heavy atom. The number of allylic oxidation sites excluding steroid dienone is 4. The lowest BCUT2D eigenvalue weighted by molar-refractivity contribution is -0.143. The van der Waals surface area contributed by atoms with Crippen molar-refractivity contribution in [2.45, 2.75) is 283 Å².